The lowest BCUT2D eigenvalue weighted by Crippen LogP contribution is -2.13. The molecule has 4 aromatic rings. The first-order valence-corrected chi connectivity index (χ1v) is 11.9. The summed E-state index contributed by atoms with van der Waals surface area (Å²) in [6.45, 7) is 2.83. The second-order valence-corrected chi connectivity index (χ2v) is 9.62. The van der Waals surface area contributed by atoms with Crippen LogP contribution in [0.15, 0.2) is 59.8 Å². The number of aromatic amines is 1. The van der Waals surface area contributed by atoms with Crippen molar-refractivity contribution in [3.05, 3.63) is 66.0 Å². The normalized spacial score (nSPS) is 14.8. The van der Waals surface area contributed by atoms with E-state index >= 15 is 0 Å². The fourth-order valence-electron chi connectivity index (χ4n) is 4.02. The summed E-state index contributed by atoms with van der Waals surface area (Å²) in [5.41, 5.74) is 3.59. The highest BCUT2D eigenvalue weighted by atomic mass is 32.2. The molecule has 1 N–H and O–H groups in total. The Bertz CT molecular complexity index is 1410. The lowest BCUT2D eigenvalue weighted by molar-refractivity contribution is -0.0440. The standard InChI is InChI=1S/C24H24N2O6S/c1-15-4-6-17(7-5-15)33(27,28)26-14-16(24-31-8-9-32-24)10-21(26)19-13-25-20-12-23(30-3)22(29-2)11-18(19)20/h4-7,10-14,24-25H,8-9H2,1-3H3. The molecule has 0 spiro atoms. The van der Waals surface area contributed by atoms with E-state index in [1.165, 1.54) is 3.97 Å². The topological polar surface area (TPSA) is 91.8 Å². The predicted molar refractivity (Wildman–Crippen MR) is 123 cm³/mol. The summed E-state index contributed by atoms with van der Waals surface area (Å²) in [4.78, 5) is 3.41. The molecule has 0 saturated carbocycles. The molecule has 2 aromatic carbocycles. The molecule has 8 nitrogen and oxygen atoms in total. The van der Waals surface area contributed by atoms with E-state index in [1.54, 1.807) is 56.9 Å². The Morgan fingerprint density at radius 2 is 1.67 bits per heavy atom. The van der Waals surface area contributed by atoms with Gasteiger partial charge in [0.15, 0.2) is 17.8 Å². The van der Waals surface area contributed by atoms with Crippen LogP contribution in [-0.4, -0.2) is 44.8 Å². The number of H-pyrrole nitrogens is 1. The first-order valence-electron chi connectivity index (χ1n) is 10.4. The summed E-state index contributed by atoms with van der Waals surface area (Å²) in [7, 11) is -0.749. The molecule has 1 aliphatic rings. The third-order valence-electron chi connectivity index (χ3n) is 5.74. The second kappa shape index (κ2) is 8.26. The van der Waals surface area contributed by atoms with Gasteiger partial charge in [-0.05, 0) is 31.2 Å². The van der Waals surface area contributed by atoms with Crippen LogP contribution < -0.4 is 9.47 Å². The van der Waals surface area contributed by atoms with Crippen LogP contribution in [0.4, 0.5) is 0 Å². The van der Waals surface area contributed by atoms with Gasteiger partial charge in [-0.2, -0.15) is 0 Å². The van der Waals surface area contributed by atoms with E-state index in [4.69, 9.17) is 18.9 Å². The molecular formula is C24H24N2O6S. The number of nitrogens with one attached hydrogen (secondary N) is 1. The Labute approximate surface area is 191 Å². The minimum absolute atomic E-state index is 0.198. The summed E-state index contributed by atoms with van der Waals surface area (Å²) in [6, 6.07) is 12.2. The molecular weight excluding hydrogens is 444 g/mol. The average Bonchev–Trinajstić information content (AvgIpc) is 3.57. The van der Waals surface area contributed by atoms with Crippen molar-refractivity contribution in [2.24, 2.45) is 0 Å². The molecule has 5 rings (SSSR count). The second-order valence-electron chi connectivity index (χ2n) is 7.80. The van der Waals surface area contributed by atoms with Crippen molar-refractivity contribution in [2.75, 3.05) is 27.4 Å². The van der Waals surface area contributed by atoms with Crippen molar-refractivity contribution < 1.29 is 27.4 Å². The first-order chi connectivity index (χ1) is 15.9. The van der Waals surface area contributed by atoms with Crippen molar-refractivity contribution in [3.8, 4) is 22.8 Å². The van der Waals surface area contributed by atoms with Gasteiger partial charge in [0.2, 0.25) is 0 Å². The molecule has 9 heteroatoms. The van der Waals surface area contributed by atoms with Gasteiger partial charge in [0, 0.05) is 35.0 Å². The Hall–Kier alpha value is -3.27. The third-order valence-corrected chi connectivity index (χ3v) is 7.43. The van der Waals surface area contributed by atoms with Gasteiger partial charge >= 0.3 is 0 Å². The molecule has 1 aliphatic heterocycles. The predicted octanol–water partition coefficient (Wildman–Crippen LogP) is 4.24. The zero-order valence-corrected chi connectivity index (χ0v) is 19.3. The molecule has 0 unspecified atom stereocenters. The Kier molecular flexibility index (Phi) is 5.40. The van der Waals surface area contributed by atoms with E-state index in [9.17, 15) is 8.42 Å². The Morgan fingerprint density at radius 1 is 1.00 bits per heavy atom. The summed E-state index contributed by atoms with van der Waals surface area (Å²) < 4.78 is 50.8. The molecule has 33 heavy (non-hydrogen) atoms. The number of benzene rings is 2. The Balaban J connectivity index is 1.72. The van der Waals surface area contributed by atoms with Crippen LogP contribution >= 0.6 is 0 Å². The average molecular weight is 469 g/mol. The van der Waals surface area contributed by atoms with Crippen LogP contribution in [0.25, 0.3) is 22.2 Å². The van der Waals surface area contributed by atoms with E-state index in [0.717, 1.165) is 16.5 Å². The van der Waals surface area contributed by atoms with Gasteiger partial charge in [-0.1, -0.05) is 17.7 Å². The number of fused-ring (bicyclic) bond motifs is 1. The summed E-state index contributed by atoms with van der Waals surface area (Å²) in [5.74, 6) is 1.13. The summed E-state index contributed by atoms with van der Waals surface area (Å²) in [6.07, 6.45) is 2.73. The van der Waals surface area contributed by atoms with E-state index < -0.39 is 16.3 Å². The molecule has 0 aliphatic carbocycles. The quantitative estimate of drug-likeness (QED) is 0.455. The molecule has 0 amide bonds. The maximum atomic E-state index is 13.7. The number of aromatic nitrogens is 2. The third kappa shape index (κ3) is 3.68. The highest BCUT2D eigenvalue weighted by molar-refractivity contribution is 7.90. The number of ether oxygens (including phenoxy) is 4. The van der Waals surface area contributed by atoms with Crippen molar-refractivity contribution in [3.63, 3.8) is 0 Å². The molecule has 0 atom stereocenters. The van der Waals surface area contributed by atoms with Crippen LogP contribution in [0.1, 0.15) is 17.4 Å². The van der Waals surface area contributed by atoms with Gasteiger partial charge < -0.3 is 23.9 Å². The van der Waals surface area contributed by atoms with Crippen LogP contribution in [0.5, 0.6) is 11.5 Å². The lowest BCUT2D eigenvalue weighted by Gasteiger charge is -2.11. The molecule has 2 aromatic heterocycles. The largest absolute Gasteiger partial charge is 0.493 e. The van der Waals surface area contributed by atoms with Gasteiger partial charge in [-0.3, -0.25) is 0 Å². The van der Waals surface area contributed by atoms with Gasteiger partial charge in [0.25, 0.3) is 10.0 Å². The molecule has 1 fully saturated rings. The monoisotopic (exact) mass is 468 g/mol. The number of hydrogen-bond donors (Lipinski definition) is 1. The Morgan fingerprint density at radius 3 is 2.33 bits per heavy atom. The lowest BCUT2D eigenvalue weighted by atomic mass is 10.1. The molecule has 0 bridgehead atoms. The maximum absolute atomic E-state index is 13.7. The van der Waals surface area contributed by atoms with Crippen LogP contribution in [0.2, 0.25) is 0 Å². The van der Waals surface area contributed by atoms with Crippen LogP contribution in [0.3, 0.4) is 0 Å². The number of rotatable bonds is 6. The number of hydrogen-bond acceptors (Lipinski definition) is 6. The SMILES string of the molecule is COc1cc2[nH]cc(-c3cc(C4OCCO4)cn3S(=O)(=O)c3ccc(C)cc3)c2cc1OC. The van der Waals surface area contributed by atoms with Gasteiger partial charge in [0.05, 0.1) is 43.5 Å². The molecule has 172 valence electrons. The van der Waals surface area contributed by atoms with Gasteiger partial charge in [-0.15, -0.1) is 0 Å². The highest BCUT2D eigenvalue weighted by Crippen LogP contribution is 2.39. The summed E-state index contributed by atoms with van der Waals surface area (Å²) in [5, 5.41) is 0.797. The highest BCUT2D eigenvalue weighted by Gasteiger charge is 2.28. The maximum Gasteiger partial charge on any atom is 0.268 e. The van der Waals surface area contributed by atoms with Gasteiger partial charge in [0.1, 0.15) is 0 Å². The number of aryl methyl sites for hydroxylation is 1. The van der Waals surface area contributed by atoms with Crippen molar-refractivity contribution in [1.82, 2.24) is 8.96 Å². The minimum atomic E-state index is -3.88. The molecule has 0 radical (unpaired) electrons. The first kappa shape index (κ1) is 21.6. The number of methoxy groups -OCH3 is 2. The van der Waals surface area contributed by atoms with E-state index in [1.807, 2.05) is 19.1 Å². The molecule has 1 saturated heterocycles. The van der Waals surface area contributed by atoms with Crippen LogP contribution in [0, 0.1) is 6.92 Å². The minimum Gasteiger partial charge on any atom is -0.493 e. The van der Waals surface area contributed by atoms with E-state index in [2.05, 4.69) is 4.98 Å². The smallest absolute Gasteiger partial charge is 0.268 e. The van der Waals surface area contributed by atoms with Crippen molar-refractivity contribution in [1.29, 1.82) is 0 Å². The fourth-order valence-corrected chi connectivity index (χ4v) is 5.40. The molecule has 3 heterocycles. The van der Waals surface area contributed by atoms with E-state index in [-0.39, 0.29) is 4.90 Å². The fraction of sp³-hybridized carbons (Fsp3) is 0.250. The zero-order chi connectivity index (χ0) is 23.2. The van der Waals surface area contributed by atoms with Crippen molar-refractivity contribution in [2.45, 2.75) is 18.1 Å². The van der Waals surface area contributed by atoms with E-state index in [0.29, 0.717) is 41.5 Å². The van der Waals surface area contributed by atoms with Gasteiger partial charge in [-0.25, -0.2) is 12.4 Å². The van der Waals surface area contributed by atoms with Crippen LogP contribution in [-0.2, 0) is 19.5 Å². The zero-order valence-electron chi connectivity index (χ0n) is 18.5. The van der Waals surface area contributed by atoms with Crippen molar-refractivity contribution >= 4 is 20.9 Å². The summed E-state index contributed by atoms with van der Waals surface area (Å²) >= 11 is 0. The number of nitrogens with zero attached hydrogens (tertiary/aromatic N) is 1.